The highest BCUT2D eigenvalue weighted by molar-refractivity contribution is 14.1. The Morgan fingerprint density at radius 3 is 2.28 bits per heavy atom. The number of aliphatic imine (C=N–C) groups is 1. The Kier molecular flexibility index (Phi) is 8.12. The highest BCUT2D eigenvalue weighted by Crippen LogP contribution is 2.34. The average Bonchev–Trinajstić information content (AvgIpc) is 2.73. The third kappa shape index (κ3) is 6.31. The largest absolute Gasteiger partial charge is 0.490 e. The van der Waals surface area contributed by atoms with Crippen molar-refractivity contribution in [1.82, 2.24) is 0 Å². The zero-order valence-electron chi connectivity index (χ0n) is 16.5. The second-order valence-electron chi connectivity index (χ2n) is 6.46. The van der Waals surface area contributed by atoms with Crippen molar-refractivity contribution in [2.45, 2.75) is 26.9 Å². The number of hydrogen-bond acceptors (Lipinski definition) is 3. The van der Waals surface area contributed by atoms with Crippen LogP contribution in [0.3, 0.4) is 0 Å². The van der Waals surface area contributed by atoms with Crippen LogP contribution in [0, 0.1) is 3.57 Å². The lowest BCUT2D eigenvalue weighted by atomic mass is 10.1. The van der Waals surface area contributed by atoms with Crippen LogP contribution < -0.4 is 9.47 Å². The number of ether oxygens (including phenoxy) is 2. The molecule has 29 heavy (non-hydrogen) atoms. The molecule has 0 aliphatic rings. The summed E-state index contributed by atoms with van der Waals surface area (Å²) in [5, 5.41) is 0. The number of hydrogen-bond donors (Lipinski definition) is 0. The summed E-state index contributed by atoms with van der Waals surface area (Å²) < 4.78 is 14.0. The van der Waals surface area contributed by atoms with Crippen LogP contribution in [0.4, 0.5) is 5.69 Å². The molecule has 0 fully saturated rings. The molecule has 5 heteroatoms. The maximum Gasteiger partial charge on any atom is 0.175 e. The molecule has 0 saturated heterocycles. The van der Waals surface area contributed by atoms with E-state index in [0.717, 1.165) is 42.8 Å². The van der Waals surface area contributed by atoms with Crippen LogP contribution in [0.2, 0.25) is 0 Å². The first-order valence-electron chi connectivity index (χ1n) is 9.55. The SMILES string of the molecule is CCOc1cc(C=Nc2ccc(CC)cc2)cc(I)c1OCc1ccc(Br)cc1. The van der Waals surface area contributed by atoms with Crippen LogP contribution in [0.25, 0.3) is 0 Å². The lowest BCUT2D eigenvalue weighted by molar-refractivity contribution is 0.267. The maximum atomic E-state index is 6.10. The molecule has 3 aromatic rings. The lowest BCUT2D eigenvalue weighted by Gasteiger charge is -2.15. The Morgan fingerprint density at radius 2 is 1.62 bits per heavy atom. The van der Waals surface area contributed by atoms with Crippen molar-refractivity contribution in [3.63, 3.8) is 0 Å². The van der Waals surface area contributed by atoms with Crippen LogP contribution in [-0.2, 0) is 13.0 Å². The van der Waals surface area contributed by atoms with Gasteiger partial charge in [-0.3, -0.25) is 4.99 Å². The summed E-state index contributed by atoms with van der Waals surface area (Å²) in [7, 11) is 0. The second-order valence-corrected chi connectivity index (χ2v) is 8.53. The summed E-state index contributed by atoms with van der Waals surface area (Å²) in [5.74, 6) is 1.50. The zero-order chi connectivity index (χ0) is 20.6. The summed E-state index contributed by atoms with van der Waals surface area (Å²) in [6.07, 6.45) is 2.89. The summed E-state index contributed by atoms with van der Waals surface area (Å²) in [5.41, 5.74) is 4.33. The minimum atomic E-state index is 0.487. The summed E-state index contributed by atoms with van der Waals surface area (Å²) in [4.78, 5) is 4.60. The molecule has 0 heterocycles. The van der Waals surface area contributed by atoms with E-state index in [1.165, 1.54) is 5.56 Å². The number of halogens is 2. The van der Waals surface area contributed by atoms with E-state index in [9.17, 15) is 0 Å². The molecule has 0 aromatic heterocycles. The van der Waals surface area contributed by atoms with Crippen LogP contribution in [-0.4, -0.2) is 12.8 Å². The standard InChI is InChI=1S/C24H23BrINO2/c1-3-17-7-11-21(12-8-17)27-15-19-13-22(26)24(23(14-19)28-4-2)29-16-18-5-9-20(25)10-6-18/h5-15H,3-4,16H2,1-2H3. The third-order valence-corrected chi connectivity index (χ3v) is 5.67. The zero-order valence-corrected chi connectivity index (χ0v) is 20.2. The van der Waals surface area contributed by atoms with Crippen molar-refractivity contribution in [2.24, 2.45) is 4.99 Å². The molecule has 0 spiro atoms. The van der Waals surface area contributed by atoms with Gasteiger partial charge in [-0.15, -0.1) is 0 Å². The van der Waals surface area contributed by atoms with Crippen molar-refractivity contribution in [3.05, 3.63) is 85.4 Å². The van der Waals surface area contributed by atoms with Crippen LogP contribution >= 0.6 is 38.5 Å². The number of benzene rings is 3. The lowest BCUT2D eigenvalue weighted by Crippen LogP contribution is -2.02. The second kappa shape index (κ2) is 10.8. The van der Waals surface area contributed by atoms with Gasteiger partial charge in [0.2, 0.25) is 0 Å². The minimum absolute atomic E-state index is 0.487. The Balaban J connectivity index is 1.79. The fraction of sp³-hybridized carbons (Fsp3) is 0.208. The van der Waals surface area contributed by atoms with E-state index >= 15 is 0 Å². The molecule has 3 nitrogen and oxygen atoms in total. The molecule has 0 amide bonds. The van der Waals surface area contributed by atoms with E-state index in [0.29, 0.717) is 13.2 Å². The van der Waals surface area contributed by atoms with Gasteiger partial charge in [0, 0.05) is 10.7 Å². The van der Waals surface area contributed by atoms with Gasteiger partial charge in [-0.25, -0.2) is 0 Å². The first kappa shape index (κ1) is 21.8. The highest BCUT2D eigenvalue weighted by atomic mass is 127. The molecule has 0 aliphatic carbocycles. The van der Waals surface area contributed by atoms with Gasteiger partial charge in [0.25, 0.3) is 0 Å². The molecule has 0 radical (unpaired) electrons. The van der Waals surface area contributed by atoms with Crippen molar-refractivity contribution >= 4 is 50.4 Å². The topological polar surface area (TPSA) is 30.8 Å². The van der Waals surface area contributed by atoms with Crippen LogP contribution in [0.5, 0.6) is 11.5 Å². The first-order valence-corrected chi connectivity index (χ1v) is 11.4. The molecular formula is C24H23BrINO2. The van der Waals surface area contributed by atoms with E-state index in [1.54, 1.807) is 0 Å². The normalized spacial score (nSPS) is 11.0. The Labute approximate surface area is 194 Å². The summed E-state index contributed by atoms with van der Waals surface area (Å²) in [6, 6.07) is 20.5. The van der Waals surface area contributed by atoms with Gasteiger partial charge in [0.1, 0.15) is 6.61 Å². The molecule has 3 aromatic carbocycles. The van der Waals surface area contributed by atoms with Crippen molar-refractivity contribution < 1.29 is 9.47 Å². The van der Waals surface area contributed by atoms with Gasteiger partial charge in [-0.05, 0) is 89.0 Å². The van der Waals surface area contributed by atoms with Crippen LogP contribution in [0.1, 0.15) is 30.5 Å². The molecule has 0 unspecified atom stereocenters. The average molecular weight is 564 g/mol. The molecular weight excluding hydrogens is 541 g/mol. The van der Waals surface area contributed by atoms with E-state index < -0.39 is 0 Å². The third-order valence-electron chi connectivity index (χ3n) is 4.34. The van der Waals surface area contributed by atoms with Gasteiger partial charge in [0.15, 0.2) is 11.5 Å². The molecule has 3 rings (SSSR count). The van der Waals surface area contributed by atoms with Gasteiger partial charge in [0.05, 0.1) is 15.9 Å². The van der Waals surface area contributed by atoms with Gasteiger partial charge in [-0.1, -0.05) is 47.1 Å². The Morgan fingerprint density at radius 1 is 0.931 bits per heavy atom. The molecule has 0 aliphatic heterocycles. The van der Waals surface area contributed by atoms with Gasteiger partial charge < -0.3 is 9.47 Å². The summed E-state index contributed by atoms with van der Waals surface area (Å²) in [6.45, 7) is 5.18. The smallest absolute Gasteiger partial charge is 0.175 e. The first-order chi connectivity index (χ1) is 14.1. The maximum absolute atomic E-state index is 6.10. The monoisotopic (exact) mass is 563 g/mol. The highest BCUT2D eigenvalue weighted by Gasteiger charge is 2.12. The molecule has 150 valence electrons. The van der Waals surface area contributed by atoms with Gasteiger partial charge in [-0.2, -0.15) is 0 Å². The van der Waals surface area contributed by atoms with E-state index in [2.05, 4.69) is 68.6 Å². The van der Waals surface area contributed by atoms with E-state index in [4.69, 9.17) is 9.47 Å². The van der Waals surface area contributed by atoms with Crippen LogP contribution in [0.15, 0.2) is 70.1 Å². The van der Waals surface area contributed by atoms with Gasteiger partial charge >= 0.3 is 0 Å². The molecule has 0 saturated carbocycles. The van der Waals surface area contributed by atoms with Crippen molar-refractivity contribution in [1.29, 1.82) is 0 Å². The summed E-state index contributed by atoms with van der Waals surface area (Å²) >= 11 is 5.75. The minimum Gasteiger partial charge on any atom is -0.490 e. The fourth-order valence-corrected chi connectivity index (χ4v) is 3.81. The molecule has 0 N–H and O–H groups in total. The quantitative estimate of drug-likeness (QED) is 0.212. The van der Waals surface area contributed by atoms with E-state index in [1.807, 2.05) is 55.6 Å². The van der Waals surface area contributed by atoms with E-state index in [-0.39, 0.29) is 0 Å². The Bertz CT molecular complexity index is 969. The Hall–Kier alpha value is -1.86. The number of nitrogens with zero attached hydrogens (tertiary/aromatic N) is 1. The fourth-order valence-electron chi connectivity index (χ4n) is 2.77. The van der Waals surface area contributed by atoms with Crippen molar-refractivity contribution in [3.8, 4) is 11.5 Å². The molecule has 0 atom stereocenters. The predicted molar refractivity (Wildman–Crippen MR) is 132 cm³/mol. The predicted octanol–water partition coefficient (Wildman–Crippen LogP) is 7.34. The molecule has 0 bridgehead atoms. The number of aryl methyl sites for hydroxylation is 1. The number of rotatable bonds is 8. The van der Waals surface area contributed by atoms with Crippen molar-refractivity contribution in [2.75, 3.05) is 6.61 Å².